The number of benzene rings is 1. The summed E-state index contributed by atoms with van der Waals surface area (Å²) >= 11 is 0. The highest BCUT2D eigenvalue weighted by Gasteiger charge is 2.20. The summed E-state index contributed by atoms with van der Waals surface area (Å²) in [5.74, 6) is 0.943. The Bertz CT molecular complexity index is 428. The summed E-state index contributed by atoms with van der Waals surface area (Å²) in [5, 5.41) is 0. The van der Waals surface area contributed by atoms with Gasteiger partial charge in [0.2, 0.25) is 5.91 Å². The highest BCUT2D eigenvalue weighted by molar-refractivity contribution is 5.97. The lowest BCUT2D eigenvalue weighted by atomic mass is 9.98. The SMILES string of the molecule is C/C(=C/c1ccccc1)C(=O)N1CCC(C)CC1. The fourth-order valence-corrected chi connectivity index (χ4v) is 2.32. The van der Waals surface area contributed by atoms with E-state index in [1.54, 1.807) is 0 Å². The molecule has 1 saturated heterocycles. The number of hydrogen-bond donors (Lipinski definition) is 0. The molecule has 1 fully saturated rings. The highest BCUT2D eigenvalue weighted by Crippen LogP contribution is 2.18. The summed E-state index contributed by atoms with van der Waals surface area (Å²) < 4.78 is 0. The van der Waals surface area contributed by atoms with Gasteiger partial charge in [0.15, 0.2) is 0 Å². The highest BCUT2D eigenvalue weighted by atomic mass is 16.2. The first kappa shape index (κ1) is 12.9. The van der Waals surface area contributed by atoms with Crippen LogP contribution in [-0.2, 0) is 4.79 Å². The van der Waals surface area contributed by atoms with Crippen molar-refractivity contribution in [3.05, 3.63) is 41.5 Å². The van der Waals surface area contributed by atoms with Crippen molar-refractivity contribution in [3.63, 3.8) is 0 Å². The summed E-state index contributed by atoms with van der Waals surface area (Å²) in [5.41, 5.74) is 1.92. The van der Waals surface area contributed by atoms with Gasteiger partial charge < -0.3 is 4.90 Å². The number of piperidine rings is 1. The van der Waals surface area contributed by atoms with Crippen molar-refractivity contribution in [1.29, 1.82) is 0 Å². The van der Waals surface area contributed by atoms with Gasteiger partial charge in [0.1, 0.15) is 0 Å². The minimum absolute atomic E-state index is 0.186. The Morgan fingerprint density at radius 3 is 2.44 bits per heavy atom. The molecular weight excluding hydrogens is 222 g/mol. The number of amides is 1. The number of hydrogen-bond acceptors (Lipinski definition) is 1. The Hall–Kier alpha value is -1.57. The molecule has 18 heavy (non-hydrogen) atoms. The Kier molecular flexibility index (Phi) is 4.19. The van der Waals surface area contributed by atoms with Crippen LogP contribution < -0.4 is 0 Å². The maximum atomic E-state index is 12.3. The minimum Gasteiger partial charge on any atom is -0.339 e. The third-order valence-corrected chi connectivity index (χ3v) is 3.59. The van der Waals surface area contributed by atoms with Gasteiger partial charge in [-0.1, -0.05) is 37.3 Å². The second-order valence-corrected chi connectivity index (χ2v) is 5.21. The molecule has 96 valence electrons. The van der Waals surface area contributed by atoms with Crippen molar-refractivity contribution in [2.75, 3.05) is 13.1 Å². The van der Waals surface area contributed by atoms with Crippen LogP contribution >= 0.6 is 0 Å². The predicted molar refractivity (Wildman–Crippen MR) is 75.1 cm³/mol. The zero-order chi connectivity index (χ0) is 13.0. The van der Waals surface area contributed by atoms with E-state index >= 15 is 0 Å². The lowest BCUT2D eigenvalue weighted by Crippen LogP contribution is -2.38. The van der Waals surface area contributed by atoms with Crippen LogP contribution in [-0.4, -0.2) is 23.9 Å². The van der Waals surface area contributed by atoms with Crippen LogP contribution in [0.15, 0.2) is 35.9 Å². The Balaban J connectivity index is 2.03. The number of carbonyl (C=O) groups is 1. The van der Waals surface area contributed by atoms with Gasteiger partial charge in [-0.15, -0.1) is 0 Å². The van der Waals surface area contributed by atoms with Crippen molar-refractivity contribution >= 4 is 12.0 Å². The average molecular weight is 243 g/mol. The summed E-state index contributed by atoms with van der Waals surface area (Å²) in [4.78, 5) is 14.2. The summed E-state index contributed by atoms with van der Waals surface area (Å²) in [7, 11) is 0. The van der Waals surface area contributed by atoms with E-state index in [0.29, 0.717) is 0 Å². The molecule has 2 nitrogen and oxygen atoms in total. The normalized spacial score (nSPS) is 17.9. The van der Waals surface area contributed by atoms with Gasteiger partial charge >= 0.3 is 0 Å². The number of likely N-dealkylation sites (tertiary alicyclic amines) is 1. The molecule has 0 N–H and O–H groups in total. The van der Waals surface area contributed by atoms with E-state index in [1.807, 2.05) is 48.2 Å². The summed E-state index contributed by atoms with van der Waals surface area (Å²) in [6.07, 6.45) is 4.23. The molecule has 1 aromatic carbocycles. The molecule has 2 heteroatoms. The van der Waals surface area contributed by atoms with E-state index in [-0.39, 0.29) is 5.91 Å². The molecule has 1 aromatic rings. The third kappa shape index (κ3) is 3.22. The summed E-state index contributed by atoms with van der Waals surface area (Å²) in [6.45, 7) is 5.97. The van der Waals surface area contributed by atoms with E-state index in [1.165, 1.54) is 0 Å². The van der Waals surface area contributed by atoms with Crippen LogP contribution in [0.1, 0.15) is 32.3 Å². The Morgan fingerprint density at radius 2 is 1.83 bits per heavy atom. The molecule has 1 aliphatic rings. The van der Waals surface area contributed by atoms with Gasteiger partial charge in [-0.3, -0.25) is 4.79 Å². The van der Waals surface area contributed by atoms with E-state index in [2.05, 4.69) is 6.92 Å². The second kappa shape index (κ2) is 5.85. The van der Waals surface area contributed by atoms with Gasteiger partial charge in [-0.05, 0) is 37.3 Å². The third-order valence-electron chi connectivity index (χ3n) is 3.59. The lowest BCUT2D eigenvalue weighted by molar-refractivity contribution is -0.128. The van der Waals surface area contributed by atoms with Gasteiger partial charge in [0.25, 0.3) is 0 Å². The summed E-state index contributed by atoms with van der Waals surface area (Å²) in [6, 6.07) is 10.0. The zero-order valence-electron chi connectivity index (χ0n) is 11.2. The van der Waals surface area contributed by atoms with Crippen molar-refractivity contribution < 1.29 is 4.79 Å². The van der Waals surface area contributed by atoms with Crippen LogP contribution in [0.4, 0.5) is 0 Å². The molecule has 0 bridgehead atoms. The fraction of sp³-hybridized carbons (Fsp3) is 0.438. The minimum atomic E-state index is 0.186. The first-order valence-corrected chi connectivity index (χ1v) is 6.69. The first-order valence-electron chi connectivity index (χ1n) is 6.69. The molecule has 0 unspecified atom stereocenters. The van der Waals surface area contributed by atoms with E-state index in [4.69, 9.17) is 0 Å². The zero-order valence-corrected chi connectivity index (χ0v) is 11.2. The Labute approximate surface area is 109 Å². The van der Waals surface area contributed by atoms with Gasteiger partial charge in [0.05, 0.1) is 0 Å². The molecular formula is C16H21NO. The molecule has 0 spiro atoms. The van der Waals surface area contributed by atoms with Crippen LogP contribution in [0.2, 0.25) is 0 Å². The maximum Gasteiger partial charge on any atom is 0.249 e. The number of carbonyl (C=O) groups excluding carboxylic acids is 1. The molecule has 0 aromatic heterocycles. The average Bonchev–Trinajstić information content (AvgIpc) is 2.40. The largest absolute Gasteiger partial charge is 0.339 e. The molecule has 0 aliphatic carbocycles. The number of nitrogens with zero attached hydrogens (tertiary/aromatic N) is 1. The van der Waals surface area contributed by atoms with Crippen LogP contribution in [0, 0.1) is 5.92 Å². The number of rotatable bonds is 2. The standard InChI is InChI=1S/C16H21NO/c1-13-8-10-17(11-9-13)16(18)14(2)12-15-6-4-3-5-7-15/h3-7,12-13H,8-11H2,1-2H3/b14-12-. The van der Waals surface area contributed by atoms with Gasteiger partial charge in [-0.2, -0.15) is 0 Å². The monoisotopic (exact) mass is 243 g/mol. The smallest absolute Gasteiger partial charge is 0.249 e. The van der Waals surface area contributed by atoms with Gasteiger partial charge in [0, 0.05) is 18.7 Å². The molecule has 1 heterocycles. The Morgan fingerprint density at radius 1 is 1.22 bits per heavy atom. The molecule has 0 radical (unpaired) electrons. The van der Waals surface area contributed by atoms with E-state index < -0.39 is 0 Å². The second-order valence-electron chi connectivity index (χ2n) is 5.21. The molecule has 1 aliphatic heterocycles. The topological polar surface area (TPSA) is 20.3 Å². The van der Waals surface area contributed by atoms with Crippen molar-refractivity contribution in [1.82, 2.24) is 4.90 Å². The van der Waals surface area contributed by atoms with E-state index in [0.717, 1.165) is 43.0 Å². The molecule has 2 rings (SSSR count). The quantitative estimate of drug-likeness (QED) is 0.729. The predicted octanol–water partition coefficient (Wildman–Crippen LogP) is 3.35. The van der Waals surface area contributed by atoms with Crippen LogP contribution in [0.3, 0.4) is 0 Å². The first-order chi connectivity index (χ1) is 8.66. The van der Waals surface area contributed by atoms with Gasteiger partial charge in [-0.25, -0.2) is 0 Å². The van der Waals surface area contributed by atoms with Crippen molar-refractivity contribution in [2.45, 2.75) is 26.7 Å². The molecule has 0 saturated carbocycles. The van der Waals surface area contributed by atoms with Crippen LogP contribution in [0.25, 0.3) is 6.08 Å². The van der Waals surface area contributed by atoms with Crippen LogP contribution in [0.5, 0.6) is 0 Å². The molecule has 0 atom stereocenters. The fourth-order valence-electron chi connectivity index (χ4n) is 2.32. The lowest BCUT2D eigenvalue weighted by Gasteiger charge is -2.30. The van der Waals surface area contributed by atoms with Crippen molar-refractivity contribution in [3.8, 4) is 0 Å². The maximum absolute atomic E-state index is 12.3. The molecule has 1 amide bonds. The van der Waals surface area contributed by atoms with E-state index in [9.17, 15) is 4.79 Å². The van der Waals surface area contributed by atoms with Crippen molar-refractivity contribution in [2.24, 2.45) is 5.92 Å².